The summed E-state index contributed by atoms with van der Waals surface area (Å²) in [4.78, 5) is 18.0. The van der Waals surface area contributed by atoms with Crippen molar-refractivity contribution in [3.8, 4) is 11.4 Å². The molecule has 3 heterocycles. The highest BCUT2D eigenvalue weighted by atomic mass is 32.2. The maximum absolute atomic E-state index is 13.0. The van der Waals surface area contributed by atoms with Crippen molar-refractivity contribution in [2.75, 3.05) is 31.1 Å². The van der Waals surface area contributed by atoms with Crippen LogP contribution in [0.3, 0.4) is 0 Å². The molecule has 2 aliphatic heterocycles. The average Bonchev–Trinajstić information content (AvgIpc) is 3.40. The number of aromatic amines is 1. The Balaban J connectivity index is 1.31. The smallest absolute Gasteiger partial charge is 0.293 e. The summed E-state index contributed by atoms with van der Waals surface area (Å²) in [7, 11) is -3.74. The second kappa shape index (κ2) is 9.74. The van der Waals surface area contributed by atoms with Gasteiger partial charge in [0.25, 0.3) is 5.69 Å². The molecular formula is C24H28N6O4S. The Labute approximate surface area is 204 Å². The van der Waals surface area contributed by atoms with Crippen LogP contribution in [0, 0.1) is 10.1 Å². The van der Waals surface area contributed by atoms with Gasteiger partial charge in [0.15, 0.2) is 5.82 Å². The van der Waals surface area contributed by atoms with E-state index in [1.54, 1.807) is 6.07 Å². The first kappa shape index (κ1) is 23.4. The van der Waals surface area contributed by atoms with Crippen molar-refractivity contribution < 1.29 is 13.3 Å². The number of sulfonamides is 1. The number of benzene rings is 2. The summed E-state index contributed by atoms with van der Waals surface area (Å²) in [5.74, 6) is 1.65. The highest BCUT2D eigenvalue weighted by Gasteiger charge is 2.31. The summed E-state index contributed by atoms with van der Waals surface area (Å²) < 4.78 is 27.5. The summed E-state index contributed by atoms with van der Waals surface area (Å²) in [6.07, 6.45) is 4.14. The van der Waals surface area contributed by atoms with E-state index in [9.17, 15) is 18.5 Å². The van der Waals surface area contributed by atoms with Crippen molar-refractivity contribution in [3.05, 3.63) is 64.5 Å². The van der Waals surface area contributed by atoms with Crippen LogP contribution in [0.25, 0.3) is 11.4 Å². The van der Waals surface area contributed by atoms with E-state index in [2.05, 4.69) is 15.2 Å². The van der Waals surface area contributed by atoms with Crippen LogP contribution in [0.4, 0.5) is 11.4 Å². The molecule has 2 aliphatic rings. The highest BCUT2D eigenvalue weighted by Crippen LogP contribution is 2.36. The number of nitro groups is 1. The molecule has 3 aromatic rings. The van der Waals surface area contributed by atoms with E-state index in [1.165, 1.54) is 16.4 Å². The first-order valence-electron chi connectivity index (χ1n) is 11.9. The fraction of sp³-hybridized carbons (Fsp3) is 0.417. The topological polar surface area (TPSA) is 125 Å². The predicted molar refractivity (Wildman–Crippen MR) is 132 cm³/mol. The van der Waals surface area contributed by atoms with Crippen molar-refractivity contribution in [1.29, 1.82) is 0 Å². The van der Waals surface area contributed by atoms with Crippen LogP contribution >= 0.6 is 0 Å². The lowest BCUT2D eigenvalue weighted by atomic mass is 9.95. The van der Waals surface area contributed by atoms with Gasteiger partial charge in [0.1, 0.15) is 11.5 Å². The Morgan fingerprint density at radius 3 is 2.37 bits per heavy atom. The van der Waals surface area contributed by atoms with Gasteiger partial charge < -0.3 is 4.90 Å². The van der Waals surface area contributed by atoms with Gasteiger partial charge in [0.05, 0.1) is 9.82 Å². The van der Waals surface area contributed by atoms with Crippen LogP contribution in [-0.4, -0.2) is 59.0 Å². The molecule has 0 spiro atoms. The van der Waals surface area contributed by atoms with Gasteiger partial charge >= 0.3 is 0 Å². The third-order valence-electron chi connectivity index (χ3n) is 6.85. The van der Waals surface area contributed by atoms with Gasteiger partial charge in [-0.05, 0) is 37.8 Å². The Hall–Kier alpha value is -3.31. The molecule has 1 aromatic heterocycles. The number of hydrogen-bond acceptors (Lipinski definition) is 7. The van der Waals surface area contributed by atoms with Gasteiger partial charge in [-0.3, -0.25) is 15.2 Å². The molecule has 0 atom stereocenters. The molecule has 0 unspecified atom stereocenters. The number of rotatable bonds is 6. The zero-order valence-corrected chi connectivity index (χ0v) is 20.2. The van der Waals surface area contributed by atoms with Crippen LogP contribution in [0.15, 0.2) is 53.4 Å². The fourth-order valence-electron chi connectivity index (χ4n) is 4.90. The molecule has 35 heavy (non-hydrogen) atoms. The Morgan fingerprint density at radius 2 is 1.69 bits per heavy atom. The van der Waals surface area contributed by atoms with E-state index >= 15 is 0 Å². The van der Waals surface area contributed by atoms with Gasteiger partial charge in [-0.1, -0.05) is 36.8 Å². The number of piperidine rings is 2. The van der Waals surface area contributed by atoms with E-state index in [4.69, 9.17) is 0 Å². The maximum atomic E-state index is 13.0. The lowest BCUT2D eigenvalue weighted by Gasteiger charge is -2.32. The number of H-pyrrole nitrogens is 1. The third-order valence-corrected chi connectivity index (χ3v) is 8.75. The van der Waals surface area contributed by atoms with Crippen molar-refractivity contribution in [2.45, 2.75) is 42.9 Å². The molecule has 2 aromatic carbocycles. The highest BCUT2D eigenvalue weighted by molar-refractivity contribution is 7.89. The molecule has 0 radical (unpaired) electrons. The Bertz CT molecular complexity index is 1300. The molecule has 2 fully saturated rings. The lowest BCUT2D eigenvalue weighted by molar-refractivity contribution is -0.384. The Morgan fingerprint density at radius 1 is 0.971 bits per heavy atom. The molecule has 11 heteroatoms. The molecule has 0 amide bonds. The molecule has 5 rings (SSSR count). The number of nitro benzene ring substituents is 1. The summed E-state index contributed by atoms with van der Waals surface area (Å²) in [6, 6.07) is 14.1. The van der Waals surface area contributed by atoms with E-state index in [1.807, 2.05) is 35.2 Å². The molecule has 0 aliphatic carbocycles. The number of nitrogens with one attached hydrogen (secondary N) is 1. The van der Waals surface area contributed by atoms with Crippen molar-refractivity contribution in [3.63, 3.8) is 0 Å². The predicted octanol–water partition coefficient (Wildman–Crippen LogP) is 3.94. The first-order chi connectivity index (χ1) is 16.9. The van der Waals surface area contributed by atoms with Crippen LogP contribution in [0.5, 0.6) is 0 Å². The van der Waals surface area contributed by atoms with Gasteiger partial charge in [0.2, 0.25) is 10.0 Å². The lowest BCUT2D eigenvalue weighted by Crippen LogP contribution is -2.36. The van der Waals surface area contributed by atoms with Gasteiger partial charge in [-0.2, -0.15) is 9.40 Å². The minimum absolute atomic E-state index is 0.0140. The van der Waals surface area contributed by atoms with Gasteiger partial charge in [0, 0.05) is 43.7 Å². The van der Waals surface area contributed by atoms with Crippen LogP contribution in [0.2, 0.25) is 0 Å². The zero-order chi connectivity index (χ0) is 24.4. The largest absolute Gasteiger partial charge is 0.366 e. The fourth-order valence-corrected chi connectivity index (χ4v) is 6.44. The van der Waals surface area contributed by atoms with E-state index in [0.717, 1.165) is 43.5 Å². The molecule has 0 bridgehead atoms. The number of nitrogens with zero attached hydrogens (tertiary/aromatic N) is 5. The molecule has 2 saturated heterocycles. The third kappa shape index (κ3) is 4.78. The number of hydrogen-bond donors (Lipinski definition) is 1. The molecule has 10 nitrogen and oxygen atoms in total. The van der Waals surface area contributed by atoms with E-state index in [0.29, 0.717) is 37.7 Å². The molecular weight excluding hydrogens is 468 g/mol. The van der Waals surface area contributed by atoms with Gasteiger partial charge in [-0.25, -0.2) is 13.4 Å². The second-order valence-corrected chi connectivity index (χ2v) is 11.0. The first-order valence-corrected chi connectivity index (χ1v) is 13.4. The zero-order valence-electron chi connectivity index (χ0n) is 19.3. The molecule has 0 saturated carbocycles. The van der Waals surface area contributed by atoms with Crippen molar-refractivity contribution in [2.24, 2.45) is 0 Å². The minimum atomic E-state index is -3.74. The normalized spacial score (nSPS) is 18.0. The second-order valence-electron chi connectivity index (χ2n) is 9.04. The maximum Gasteiger partial charge on any atom is 0.293 e. The van der Waals surface area contributed by atoms with E-state index in [-0.39, 0.29) is 16.5 Å². The van der Waals surface area contributed by atoms with Crippen LogP contribution in [-0.2, 0) is 10.0 Å². The number of anilines is 1. The summed E-state index contributed by atoms with van der Waals surface area (Å²) >= 11 is 0. The van der Waals surface area contributed by atoms with Crippen LogP contribution in [0.1, 0.15) is 43.8 Å². The summed E-state index contributed by atoms with van der Waals surface area (Å²) in [5.41, 5.74) is 1.23. The summed E-state index contributed by atoms with van der Waals surface area (Å²) in [5, 5.41) is 19.3. The van der Waals surface area contributed by atoms with Crippen molar-refractivity contribution >= 4 is 21.4 Å². The number of aromatic nitrogens is 3. The Kier molecular flexibility index (Phi) is 6.52. The SMILES string of the molecule is O=[N+]([O-])c1cc(S(=O)(=O)N2CCCCC2)ccc1N1CCC(c2nc(-c3ccccc3)n[nH]2)CC1. The van der Waals surface area contributed by atoms with Gasteiger partial charge in [-0.15, -0.1) is 0 Å². The molecule has 184 valence electrons. The van der Waals surface area contributed by atoms with E-state index < -0.39 is 14.9 Å². The molecule has 1 N–H and O–H groups in total. The van der Waals surface area contributed by atoms with Crippen molar-refractivity contribution in [1.82, 2.24) is 19.5 Å². The average molecular weight is 497 g/mol. The monoisotopic (exact) mass is 496 g/mol. The quantitative estimate of drug-likeness (QED) is 0.405. The van der Waals surface area contributed by atoms with Crippen LogP contribution < -0.4 is 4.90 Å². The minimum Gasteiger partial charge on any atom is -0.366 e. The summed E-state index contributed by atoms with van der Waals surface area (Å²) in [6.45, 7) is 2.12. The standard InChI is InChI=1S/C24H28N6O4S/c31-30(32)22-17-20(35(33,34)29-13-5-2-6-14-29)9-10-21(22)28-15-11-19(12-16-28)24-25-23(26-27-24)18-7-3-1-4-8-18/h1,3-4,7-10,17,19H,2,5-6,11-16H2,(H,25,26,27).